The third-order valence-corrected chi connectivity index (χ3v) is 11.0. The van der Waals surface area contributed by atoms with Gasteiger partial charge in [-0.2, -0.15) is 0 Å². The fraction of sp³-hybridized carbons (Fsp3) is 0.711. The number of rotatable bonds is 13. The van der Waals surface area contributed by atoms with Crippen molar-refractivity contribution in [3.8, 4) is 5.75 Å². The van der Waals surface area contributed by atoms with Crippen molar-refractivity contribution < 1.29 is 33.5 Å². The maximum absolute atomic E-state index is 14.3. The van der Waals surface area contributed by atoms with Crippen molar-refractivity contribution in [3.63, 3.8) is 0 Å². The first kappa shape index (κ1) is 36.1. The molecule has 3 saturated carbocycles. The number of carbonyl (C=O) groups excluding carboxylic acids is 4. The van der Waals surface area contributed by atoms with Crippen LogP contribution in [0, 0.1) is 25.2 Å². The molecule has 4 fully saturated rings. The van der Waals surface area contributed by atoms with E-state index in [0.717, 1.165) is 79.5 Å². The van der Waals surface area contributed by atoms with Crippen molar-refractivity contribution in [1.82, 2.24) is 20.9 Å². The van der Waals surface area contributed by atoms with Crippen molar-refractivity contribution in [2.75, 3.05) is 20.2 Å². The molecular weight excluding hydrogens is 638 g/mol. The van der Waals surface area contributed by atoms with E-state index in [-0.39, 0.29) is 29.5 Å². The minimum atomic E-state index is -0.897. The predicted molar refractivity (Wildman–Crippen MR) is 188 cm³/mol. The van der Waals surface area contributed by atoms with Crippen molar-refractivity contribution in [2.24, 2.45) is 16.5 Å². The largest absolute Gasteiger partial charge is 0.496 e. The second-order valence-corrected chi connectivity index (χ2v) is 16.5. The first-order valence-corrected chi connectivity index (χ1v) is 18.5. The van der Waals surface area contributed by atoms with Gasteiger partial charge in [0.2, 0.25) is 11.7 Å². The van der Waals surface area contributed by atoms with E-state index in [1.807, 2.05) is 30.9 Å². The van der Waals surface area contributed by atoms with Gasteiger partial charge in [-0.25, -0.2) is 4.79 Å². The van der Waals surface area contributed by atoms with Crippen molar-refractivity contribution >= 4 is 29.4 Å². The smallest absolute Gasteiger partial charge is 0.407 e. The normalized spacial score (nSPS) is 25.1. The SMILES string of the molecule is COc1c(C)cc(C2=NO[C@]3(C2)C[C@@H](C(=O)N[C@@H](CC2CC2)C(=O)C(=O)NC2CC2)N(C[C@@H](NC(=O)OC2CCCC2)C(C)(C)C)C3)cc1C. The van der Waals surface area contributed by atoms with Gasteiger partial charge < -0.3 is 30.3 Å². The third kappa shape index (κ3) is 8.61. The van der Waals surface area contributed by atoms with Crippen LogP contribution in [0.3, 0.4) is 0 Å². The average Bonchev–Trinajstić information content (AvgIpc) is 3.91. The first-order chi connectivity index (χ1) is 23.7. The molecular formula is C38H55N5O7. The predicted octanol–water partition coefficient (Wildman–Crippen LogP) is 4.47. The minimum Gasteiger partial charge on any atom is -0.496 e. The Morgan fingerprint density at radius 1 is 1.02 bits per heavy atom. The number of methoxy groups -OCH3 is 1. The molecule has 0 aromatic heterocycles. The first-order valence-electron chi connectivity index (χ1n) is 18.5. The molecule has 3 N–H and O–H groups in total. The molecule has 5 aliphatic rings. The molecule has 12 heteroatoms. The Balaban J connectivity index is 1.22. The van der Waals surface area contributed by atoms with Crippen molar-refractivity contribution in [1.29, 1.82) is 0 Å². The summed E-state index contributed by atoms with van der Waals surface area (Å²) in [4.78, 5) is 61.9. The summed E-state index contributed by atoms with van der Waals surface area (Å²) in [5.74, 6) is -0.393. The number of oxime groups is 1. The number of alkyl carbamates (subject to hydrolysis) is 1. The second-order valence-electron chi connectivity index (χ2n) is 16.5. The van der Waals surface area contributed by atoms with Crippen LogP contribution in [0.1, 0.15) is 108 Å². The molecule has 12 nitrogen and oxygen atoms in total. The molecule has 0 radical (unpaired) electrons. The Bertz CT molecular complexity index is 1480. The van der Waals surface area contributed by atoms with Gasteiger partial charge in [0.05, 0.1) is 24.9 Å². The molecule has 1 aromatic carbocycles. The number of aryl methyl sites for hydroxylation is 2. The summed E-state index contributed by atoms with van der Waals surface area (Å²) in [5.41, 5.74) is 2.58. The van der Waals surface area contributed by atoms with Crippen molar-refractivity contribution in [3.05, 3.63) is 28.8 Å². The lowest BCUT2D eigenvalue weighted by molar-refractivity contribution is -0.140. The molecule has 1 aromatic rings. The van der Waals surface area contributed by atoms with E-state index in [0.29, 0.717) is 38.3 Å². The van der Waals surface area contributed by atoms with Crippen molar-refractivity contribution in [2.45, 2.75) is 141 Å². The summed E-state index contributed by atoms with van der Waals surface area (Å²) >= 11 is 0. The number of likely N-dealkylation sites (tertiary alicyclic amines) is 1. The van der Waals surface area contributed by atoms with Gasteiger partial charge in [0.15, 0.2) is 5.60 Å². The highest BCUT2D eigenvalue weighted by atomic mass is 16.7. The van der Waals surface area contributed by atoms with Crippen LogP contribution in [0.4, 0.5) is 4.79 Å². The monoisotopic (exact) mass is 693 g/mol. The Labute approximate surface area is 295 Å². The zero-order valence-corrected chi connectivity index (χ0v) is 30.6. The zero-order valence-electron chi connectivity index (χ0n) is 30.6. The minimum absolute atomic E-state index is 0.0445. The average molecular weight is 694 g/mol. The number of hydrogen-bond acceptors (Lipinski definition) is 9. The highest BCUT2D eigenvalue weighted by Crippen LogP contribution is 2.41. The van der Waals surface area contributed by atoms with Crippen LogP contribution >= 0.6 is 0 Å². The maximum Gasteiger partial charge on any atom is 0.407 e. The molecule has 6 rings (SSSR count). The standard InChI is InChI=1S/C38H55N5O7/c1-22-15-25(16-23(2)33(22)48-6)29-18-38(50-42-29)19-30(34(45)40-28(17-24-11-12-24)32(44)35(46)39-26-13-14-26)43(21-38)20-31(37(3,4)5)41-36(47)49-27-9-7-8-10-27/h15-16,24,26-28,30-31H,7-14,17-21H2,1-6H3,(H,39,46)(H,40,45)(H,41,47)/t28-,30-,31+,38+/m0/s1. The number of nitrogens with one attached hydrogen (secondary N) is 3. The van der Waals surface area contributed by atoms with Gasteiger partial charge in [-0.05, 0) is 93.4 Å². The number of Topliss-reactive ketones (excluding diaryl/α,β-unsaturated/α-hetero) is 1. The zero-order chi connectivity index (χ0) is 35.8. The lowest BCUT2D eigenvalue weighted by Crippen LogP contribution is -2.56. The van der Waals surface area contributed by atoms with E-state index in [9.17, 15) is 19.2 Å². The Morgan fingerprint density at radius 2 is 1.70 bits per heavy atom. The van der Waals surface area contributed by atoms with E-state index in [1.54, 1.807) is 7.11 Å². The molecule has 4 atom stereocenters. The highest BCUT2D eigenvalue weighted by molar-refractivity contribution is 6.38. The van der Waals surface area contributed by atoms with Crippen LogP contribution in [0.25, 0.3) is 0 Å². The summed E-state index contributed by atoms with van der Waals surface area (Å²) in [7, 11) is 1.66. The number of nitrogens with zero attached hydrogens (tertiary/aromatic N) is 2. The van der Waals surface area contributed by atoms with Crippen LogP contribution in [0.5, 0.6) is 5.75 Å². The van der Waals surface area contributed by atoms with Gasteiger partial charge in [-0.1, -0.05) is 38.8 Å². The maximum atomic E-state index is 14.3. The Morgan fingerprint density at radius 3 is 2.30 bits per heavy atom. The molecule has 2 aliphatic heterocycles. The quantitative estimate of drug-likeness (QED) is 0.257. The number of ketones is 1. The van der Waals surface area contributed by atoms with E-state index in [4.69, 9.17) is 14.3 Å². The molecule has 0 bridgehead atoms. The molecule has 274 valence electrons. The fourth-order valence-electron chi connectivity index (χ4n) is 7.72. The number of carbonyl (C=O) groups is 4. The van der Waals surface area contributed by atoms with Gasteiger partial charge in [0, 0.05) is 43.6 Å². The van der Waals surface area contributed by atoms with Gasteiger partial charge in [0.1, 0.15) is 11.9 Å². The summed E-state index contributed by atoms with van der Waals surface area (Å²) in [6, 6.07) is 2.20. The lowest BCUT2D eigenvalue weighted by atomic mass is 9.86. The van der Waals surface area contributed by atoms with Crippen LogP contribution in [-0.4, -0.2) is 90.4 Å². The summed E-state index contributed by atoms with van der Waals surface area (Å²) in [5, 5.41) is 13.5. The second kappa shape index (κ2) is 14.5. The van der Waals surface area contributed by atoms with Crippen LogP contribution in [0.15, 0.2) is 17.3 Å². The summed E-state index contributed by atoms with van der Waals surface area (Å²) < 4.78 is 11.3. The number of benzene rings is 1. The molecule has 3 amide bonds. The number of amides is 3. The third-order valence-electron chi connectivity index (χ3n) is 11.0. The molecule has 2 heterocycles. The Kier molecular flexibility index (Phi) is 10.5. The number of hydrogen-bond donors (Lipinski definition) is 3. The van der Waals surface area contributed by atoms with Gasteiger partial charge >= 0.3 is 6.09 Å². The number of ether oxygens (including phenoxy) is 2. The molecule has 1 saturated heterocycles. The van der Waals surface area contributed by atoms with Gasteiger partial charge in [0.25, 0.3) is 5.91 Å². The molecule has 1 spiro atoms. The van der Waals surface area contributed by atoms with Crippen LogP contribution < -0.4 is 20.7 Å². The van der Waals surface area contributed by atoms with E-state index in [1.165, 1.54) is 0 Å². The summed E-state index contributed by atoms with van der Waals surface area (Å²) in [6.07, 6.45) is 8.31. The lowest BCUT2D eigenvalue weighted by Gasteiger charge is -2.36. The molecule has 50 heavy (non-hydrogen) atoms. The fourth-order valence-corrected chi connectivity index (χ4v) is 7.72. The van der Waals surface area contributed by atoms with Gasteiger partial charge in [-0.3, -0.25) is 19.3 Å². The van der Waals surface area contributed by atoms with E-state index < -0.39 is 35.5 Å². The van der Waals surface area contributed by atoms with Crippen LogP contribution in [0.2, 0.25) is 0 Å². The topological polar surface area (TPSA) is 148 Å². The summed E-state index contributed by atoms with van der Waals surface area (Å²) in [6.45, 7) is 10.9. The van der Waals surface area contributed by atoms with E-state index >= 15 is 0 Å². The Hall–Kier alpha value is -3.67. The van der Waals surface area contributed by atoms with Crippen LogP contribution in [-0.2, 0) is 24.0 Å². The molecule has 0 unspecified atom stereocenters. The highest BCUT2D eigenvalue weighted by Gasteiger charge is 2.53. The van der Waals surface area contributed by atoms with Gasteiger partial charge in [-0.15, -0.1) is 0 Å². The van der Waals surface area contributed by atoms with E-state index in [2.05, 4.69) is 41.9 Å². The molecule has 3 aliphatic carbocycles.